The molecule has 0 bridgehead atoms. The first-order valence-corrected chi connectivity index (χ1v) is 13.7. The van der Waals surface area contributed by atoms with Crippen molar-refractivity contribution in [1.29, 1.82) is 0 Å². The maximum Gasteiger partial charge on any atom is 0.251 e. The molecule has 38 heavy (non-hydrogen) atoms. The fraction of sp³-hybridized carbons (Fsp3) is 0.630. The molecule has 0 spiro atoms. The molecule has 11 nitrogen and oxygen atoms in total. The molecule has 0 unspecified atom stereocenters. The van der Waals surface area contributed by atoms with Crippen LogP contribution in [0.15, 0.2) is 30.3 Å². The van der Waals surface area contributed by atoms with E-state index in [1.54, 1.807) is 12.1 Å². The summed E-state index contributed by atoms with van der Waals surface area (Å²) in [6.45, 7) is 6.79. The summed E-state index contributed by atoms with van der Waals surface area (Å²) < 4.78 is 11.2. The van der Waals surface area contributed by atoms with Crippen molar-refractivity contribution < 1.29 is 19.4 Å². The maximum absolute atomic E-state index is 12.0. The minimum atomic E-state index is -0.150. The third-order valence-corrected chi connectivity index (χ3v) is 6.36. The second-order valence-corrected chi connectivity index (χ2v) is 9.74. The molecule has 0 saturated heterocycles. The number of nitrogens with zero attached hydrogens (tertiary/aromatic N) is 3. The van der Waals surface area contributed by atoms with Gasteiger partial charge in [0.1, 0.15) is 0 Å². The SMILES string of the molecule is CC(C)[C@H](CO)Nc1nc(NCCOCCOCCNC(=O)c2ccccc2)nc(NC2CCCCC2)n1. The first-order chi connectivity index (χ1) is 18.5. The quantitative estimate of drug-likeness (QED) is 0.194. The molecule has 1 amide bonds. The van der Waals surface area contributed by atoms with Crippen LogP contribution in [0.25, 0.3) is 0 Å². The van der Waals surface area contributed by atoms with E-state index in [0.717, 1.165) is 12.8 Å². The molecule has 1 aromatic heterocycles. The van der Waals surface area contributed by atoms with Gasteiger partial charge >= 0.3 is 0 Å². The molecule has 11 heteroatoms. The van der Waals surface area contributed by atoms with E-state index in [1.165, 1.54) is 19.3 Å². The highest BCUT2D eigenvalue weighted by molar-refractivity contribution is 5.94. The number of hydrogen-bond donors (Lipinski definition) is 5. The lowest BCUT2D eigenvalue weighted by Gasteiger charge is -2.24. The zero-order valence-electron chi connectivity index (χ0n) is 22.6. The van der Waals surface area contributed by atoms with Gasteiger partial charge in [-0.3, -0.25) is 4.79 Å². The van der Waals surface area contributed by atoms with Crippen LogP contribution in [0, 0.1) is 5.92 Å². The predicted octanol–water partition coefficient (Wildman–Crippen LogP) is 2.92. The van der Waals surface area contributed by atoms with Gasteiger partial charge in [0.05, 0.1) is 39.1 Å². The third kappa shape index (κ3) is 10.8. The van der Waals surface area contributed by atoms with Crippen molar-refractivity contribution in [3.05, 3.63) is 35.9 Å². The van der Waals surface area contributed by atoms with Gasteiger partial charge in [-0.15, -0.1) is 0 Å². The number of aliphatic hydroxyl groups is 1. The molecule has 1 heterocycles. The summed E-state index contributed by atoms with van der Waals surface area (Å²) in [5, 5.41) is 22.4. The van der Waals surface area contributed by atoms with Gasteiger partial charge in [-0.05, 0) is 30.9 Å². The molecule has 1 aromatic carbocycles. The van der Waals surface area contributed by atoms with E-state index in [-0.39, 0.29) is 24.5 Å². The van der Waals surface area contributed by atoms with E-state index in [9.17, 15) is 9.90 Å². The second kappa shape index (κ2) is 16.7. The summed E-state index contributed by atoms with van der Waals surface area (Å²) in [5.41, 5.74) is 0.634. The van der Waals surface area contributed by atoms with Crippen molar-refractivity contribution in [3.8, 4) is 0 Å². The molecule has 210 valence electrons. The predicted molar refractivity (Wildman–Crippen MR) is 149 cm³/mol. The molecule has 1 saturated carbocycles. The number of aromatic nitrogens is 3. The molecular formula is C27H43N7O4. The monoisotopic (exact) mass is 529 g/mol. The molecule has 1 atom stereocenters. The smallest absolute Gasteiger partial charge is 0.251 e. The van der Waals surface area contributed by atoms with Crippen LogP contribution in [0.2, 0.25) is 0 Å². The van der Waals surface area contributed by atoms with E-state index < -0.39 is 0 Å². The average molecular weight is 530 g/mol. The average Bonchev–Trinajstić information content (AvgIpc) is 2.93. The van der Waals surface area contributed by atoms with Crippen LogP contribution in [0.4, 0.5) is 17.8 Å². The Kier molecular flexibility index (Phi) is 13.0. The van der Waals surface area contributed by atoms with Crippen LogP contribution in [-0.4, -0.2) is 84.2 Å². The van der Waals surface area contributed by atoms with E-state index in [1.807, 2.05) is 32.0 Å². The van der Waals surface area contributed by atoms with Crippen LogP contribution in [0.5, 0.6) is 0 Å². The Morgan fingerprint density at radius 2 is 1.58 bits per heavy atom. The Morgan fingerprint density at radius 3 is 2.26 bits per heavy atom. The van der Waals surface area contributed by atoms with E-state index in [4.69, 9.17) is 9.47 Å². The van der Waals surface area contributed by atoms with Gasteiger partial charge in [-0.25, -0.2) is 0 Å². The van der Waals surface area contributed by atoms with Crippen molar-refractivity contribution in [1.82, 2.24) is 20.3 Å². The Labute approximate surface area is 225 Å². The Hall–Kier alpha value is -3.02. The first-order valence-electron chi connectivity index (χ1n) is 13.7. The molecule has 0 aliphatic heterocycles. The summed E-state index contributed by atoms with van der Waals surface area (Å²) in [5.74, 6) is 1.53. The standard InChI is InChI=1S/C27H43N7O4/c1-20(2)23(19-35)31-27-33-25(32-26(34-27)30-22-11-7-4-8-12-22)29-14-16-38-18-17-37-15-13-28-24(36)21-9-5-3-6-10-21/h3,5-6,9-10,20,22-23,35H,4,7-8,11-19H2,1-2H3,(H,28,36)(H3,29,30,31,32,33,34)/t23-/m0/s1. The van der Waals surface area contributed by atoms with E-state index in [0.29, 0.717) is 69.0 Å². The number of amides is 1. The number of rotatable bonds is 17. The lowest BCUT2D eigenvalue weighted by atomic mass is 9.96. The molecule has 5 N–H and O–H groups in total. The molecule has 1 fully saturated rings. The van der Waals surface area contributed by atoms with Crippen molar-refractivity contribution >= 4 is 23.8 Å². The number of nitrogens with one attached hydrogen (secondary N) is 4. The van der Waals surface area contributed by atoms with Crippen molar-refractivity contribution in [3.63, 3.8) is 0 Å². The van der Waals surface area contributed by atoms with Crippen LogP contribution in [0.3, 0.4) is 0 Å². The van der Waals surface area contributed by atoms with Crippen LogP contribution >= 0.6 is 0 Å². The number of carbonyl (C=O) groups excluding carboxylic acids is 1. The summed E-state index contributed by atoms with van der Waals surface area (Å²) in [6.07, 6.45) is 5.91. The van der Waals surface area contributed by atoms with Crippen LogP contribution in [0.1, 0.15) is 56.3 Å². The lowest BCUT2D eigenvalue weighted by molar-refractivity contribution is 0.0519. The largest absolute Gasteiger partial charge is 0.394 e. The number of carbonyl (C=O) groups is 1. The minimum absolute atomic E-state index is 0.00714. The number of ether oxygens (including phenoxy) is 2. The van der Waals surface area contributed by atoms with Gasteiger partial charge in [0, 0.05) is 24.7 Å². The molecule has 1 aliphatic rings. The fourth-order valence-electron chi connectivity index (χ4n) is 4.09. The molecule has 0 radical (unpaired) electrons. The van der Waals surface area contributed by atoms with Crippen molar-refractivity contribution in [2.75, 3.05) is 62.1 Å². The molecule has 3 rings (SSSR count). The number of hydrogen-bond acceptors (Lipinski definition) is 10. The van der Waals surface area contributed by atoms with Crippen LogP contribution < -0.4 is 21.3 Å². The van der Waals surface area contributed by atoms with Gasteiger partial charge in [-0.2, -0.15) is 15.0 Å². The molecule has 2 aromatic rings. The highest BCUT2D eigenvalue weighted by Crippen LogP contribution is 2.21. The van der Waals surface area contributed by atoms with Crippen molar-refractivity contribution in [2.24, 2.45) is 5.92 Å². The molecule has 1 aliphatic carbocycles. The minimum Gasteiger partial charge on any atom is -0.394 e. The number of anilines is 3. The third-order valence-electron chi connectivity index (χ3n) is 6.36. The summed E-state index contributed by atoms with van der Waals surface area (Å²) in [6, 6.07) is 9.31. The fourth-order valence-corrected chi connectivity index (χ4v) is 4.09. The molecular weight excluding hydrogens is 486 g/mol. The van der Waals surface area contributed by atoms with Gasteiger partial charge in [0.2, 0.25) is 17.8 Å². The zero-order chi connectivity index (χ0) is 27.0. The maximum atomic E-state index is 12.0. The van der Waals surface area contributed by atoms with Crippen LogP contribution in [-0.2, 0) is 9.47 Å². The highest BCUT2D eigenvalue weighted by Gasteiger charge is 2.18. The second-order valence-electron chi connectivity index (χ2n) is 9.74. The van der Waals surface area contributed by atoms with Gasteiger partial charge in [0.15, 0.2) is 0 Å². The van der Waals surface area contributed by atoms with E-state index in [2.05, 4.69) is 36.2 Å². The summed E-state index contributed by atoms with van der Waals surface area (Å²) >= 11 is 0. The van der Waals surface area contributed by atoms with Gasteiger partial charge in [-0.1, -0.05) is 51.3 Å². The Morgan fingerprint density at radius 1 is 0.921 bits per heavy atom. The lowest BCUT2D eigenvalue weighted by Crippen LogP contribution is -2.31. The summed E-state index contributed by atoms with van der Waals surface area (Å²) in [7, 11) is 0. The van der Waals surface area contributed by atoms with Gasteiger partial charge < -0.3 is 35.8 Å². The topological polar surface area (TPSA) is 143 Å². The Balaban J connectivity index is 1.36. The van der Waals surface area contributed by atoms with E-state index >= 15 is 0 Å². The number of benzene rings is 1. The normalized spacial score (nSPS) is 14.7. The first kappa shape index (κ1) is 29.5. The van der Waals surface area contributed by atoms with Gasteiger partial charge in [0.25, 0.3) is 5.91 Å². The highest BCUT2D eigenvalue weighted by atomic mass is 16.5. The number of aliphatic hydroxyl groups excluding tert-OH is 1. The van der Waals surface area contributed by atoms with Crippen molar-refractivity contribution in [2.45, 2.75) is 58.0 Å². The Bertz CT molecular complexity index is 942. The zero-order valence-corrected chi connectivity index (χ0v) is 22.6. The summed E-state index contributed by atoms with van der Waals surface area (Å²) in [4.78, 5) is 25.6.